The van der Waals surface area contributed by atoms with Crippen LogP contribution in [-0.2, 0) is 0 Å². The van der Waals surface area contributed by atoms with E-state index in [9.17, 15) is 5.11 Å². The summed E-state index contributed by atoms with van der Waals surface area (Å²) in [4.78, 5) is 0. The Morgan fingerprint density at radius 2 is 2.08 bits per heavy atom. The lowest BCUT2D eigenvalue weighted by Crippen LogP contribution is -2.47. The van der Waals surface area contributed by atoms with Gasteiger partial charge in [-0.05, 0) is 38.6 Å². The van der Waals surface area contributed by atoms with Crippen molar-refractivity contribution in [3.05, 3.63) is 0 Å². The van der Waals surface area contributed by atoms with Crippen molar-refractivity contribution >= 4 is 0 Å². The minimum absolute atomic E-state index is 0.355. The van der Waals surface area contributed by atoms with Crippen LogP contribution in [0, 0.1) is 5.92 Å². The zero-order chi connectivity index (χ0) is 9.31. The van der Waals surface area contributed by atoms with E-state index in [1.165, 1.54) is 25.7 Å². The first-order chi connectivity index (χ1) is 6.18. The van der Waals surface area contributed by atoms with Crippen molar-refractivity contribution in [2.24, 2.45) is 5.92 Å². The molecule has 13 heavy (non-hydrogen) atoms. The second-order valence-electron chi connectivity index (χ2n) is 5.01. The highest BCUT2D eigenvalue weighted by Crippen LogP contribution is 2.36. The summed E-state index contributed by atoms with van der Waals surface area (Å²) in [6, 6.07) is 0.355. The van der Waals surface area contributed by atoms with Gasteiger partial charge in [-0.3, -0.25) is 0 Å². The molecule has 1 saturated heterocycles. The Kier molecular flexibility index (Phi) is 2.61. The largest absolute Gasteiger partial charge is 0.389 e. The Labute approximate surface area is 80.7 Å². The smallest absolute Gasteiger partial charge is 0.0774 e. The molecule has 0 radical (unpaired) electrons. The highest BCUT2D eigenvalue weighted by molar-refractivity contribution is 4.93. The highest BCUT2D eigenvalue weighted by atomic mass is 16.3. The van der Waals surface area contributed by atoms with E-state index in [2.05, 4.69) is 5.32 Å². The summed E-state index contributed by atoms with van der Waals surface area (Å²) in [6.45, 7) is 3.10. The Hall–Kier alpha value is -0.0800. The molecular formula is C11H21NO. The van der Waals surface area contributed by atoms with E-state index in [0.717, 1.165) is 25.3 Å². The summed E-state index contributed by atoms with van der Waals surface area (Å²) < 4.78 is 0. The van der Waals surface area contributed by atoms with E-state index in [4.69, 9.17) is 0 Å². The second kappa shape index (κ2) is 3.58. The lowest BCUT2D eigenvalue weighted by atomic mass is 9.75. The molecule has 2 rings (SSSR count). The number of aliphatic hydroxyl groups is 1. The van der Waals surface area contributed by atoms with Crippen molar-refractivity contribution in [1.29, 1.82) is 0 Å². The first-order valence-electron chi connectivity index (χ1n) is 5.64. The lowest BCUT2D eigenvalue weighted by Gasteiger charge is -2.37. The Morgan fingerprint density at radius 3 is 2.54 bits per heavy atom. The fourth-order valence-corrected chi connectivity index (χ4v) is 2.64. The molecule has 1 aliphatic heterocycles. The third-order valence-corrected chi connectivity index (χ3v) is 3.74. The highest BCUT2D eigenvalue weighted by Gasteiger charge is 2.37. The van der Waals surface area contributed by atoms with Gasteiger partial charge in [-0.25, -0.2) is 0 Å². The molecule has 2 nitrogen and oxygen atoms in total. The molecule has 2 heteroatoms. The fourth-order valence-electron chi connectivity index (χ4n) is 2.64. The molecule has 2 atom stereocenters. The summed E-state index contributed by atoms with van der Waals surface area (Å²) in [6.07, 6.45) is 7.43. The second-order valence-corrected chi connectivity index (χ2v) is 5.01. The van der Waals surface area contributed by atoms with Crippen molar-refractivity contribution in [2.75, 3.05) is 6.54 Å². The van der Waals surface area contributed by atoms with Crippen molar-refractivity contribution < 1.29 is 5.11 Å². The maximum atomic E-state index is 10.3. The first-order valence-corrected chi connectivity index (χ1v) is 5.64. The average molecular weight is 183 g/mol. The van der Waals surface area contributed by atoms with Crippen molar-refractivity contribution in [1.82, 2.24) is 5.32 Å². The van der Waals surface area contributed by atoms with E-state index < -0.39 is 5.60 Å². The van der Waals surface area contributed by atoms with Crippen molar-refractivity contribution in [3.8, 4) is 0 Å². The summed E-state index contributed by atoms with van der Waals surface area (Å²) in [5.74, 6) is 0.803. The van der Waals surface area contributed by atoms with E-state index >= 15 is 0 Å². The van der Waals surface area contributed by atoms with Gasteiger partial charge in [0, 0.05) is 6.04 Å². The molecule has 0 aromatic rings. The minimum atomic E-state index is -0.457. The minimum Gasteiger partial charge on any atom is -0.389 e. The van der Waals surface area contributed by atoms with Crippen LogP contribution in [0.5, 0.6) is 0 Å². The molecule has 1 heterocycles. The van der Waals surface area contributed by atoms with Crippen LogP contribution in [0.3, 0.4) is 0 Å². The molecule has 0 amide bonds. The predicted octanol–water partition coefficient (Wildman–Crippen LogP) is 1.68. The molecule has 0 aromatic heterocycles. The number of nitrogens with one attached hydrogen (secondary N) is 1. The summed E-state index contributed by atoms with van der Waals surface area (Å²) >= 11 is 0. The van der Waals surface area contributed by atoms with Gasteiger partial charge in [0.1, 0.15) is 0 Å². The van der Waals surface area contributed by atoms with Gasteiger partial charge in [0.25, 0.3) is 0 Å². The zero-order valence-electron chi connectivity index (χ0n) is 8.55. The van der Waals surface area contributed by atoms with E-state index in [1.807, 2.05) is 6.92 Å². The van der Waals surface area contributed by atoms with Crippen LogP contribution in [-0.4, -0.2) is 23.3 Å². The molecule has 2 aliphatic rings. The molecular weight excluding hydrogens is 162 g/mol. The third-order valence-electron chi connectivity index (χ3n) is 3.74. The Balaban J connectivity index is 1.85. The van der Waals surface area contributed by atoms with Crippen LogP contribution < -0.4 is 5.32 Å². The van der Waals surface area contributed by atoms with Crippen LogP contribution >= 0.6 is 0 Å². The van der Waals surface area contributed by atoms with E-state index in [1.54, 1.807) is 0 Å². The maximum Gasteiger partial charge on any atom is 0.0774 e. The maximum absolute atomic E-state index is 10.3. The molecule has 0 spiro atoms. The van der Waals surface area contributed by atoms with Crippen LogP contribution in [0.1, 0.15) is 45.4 Å². The van der Waals surface area contributed by atoms with Gasteiger partial charge in [0.2, 0.25) is 0 Å². The van der Waals surface area contributed by atoms with Gasteiger partial charge in [-0.1, -0.05) is 19.3 Å². The van der Waals surface area contributed by atoms with Gasteiger partial charge in [0.05, 0.1) is 5.60 Å². The van der Waals surface area contributed by atoms with Gasteiger partial charge in [-0.15, -0.1) is 0 Å². The average Bonchev–Trinajstić information content (AvgIpc) is 2.49. The van der Waals surface area contributed by atoms with Crippen molar-refractivity contribution in [3.63, 3.8) is 0 Å². The van der Waals surface area contributed by atoms with Gasteiger partial charge in [0.15, 0.2) is 0 Å². The monoisotopic (exact) mass is 183 g/mol. The zero-order valence-corrected chi connectivity index (χ0v) is 8.55. The van der Waals surface area contributed by atoms with Crippen molar-refractivity contribution in [2.45, 2.75) is 57.1 Å². The number of rotatable bonds is 3. The van der Waals surface area contributed by atoms with Crippen LogP contribution in [0.2, 0.25) is 0 Å². The number of hydrogen-bond donors (Lipinski definition) is 2. The molecule has 2 fully saturated rings. The van der Waals surface area contributed by atoms with Gasteiger partial charge < -0.3 is 10.4 Å². The molecule has 76 valence electrons. The third kappa shape index (κ3) is 2.05. The Bertz CT molecular complexity index is 169. The summed E-state index contributed by atoms with van der Waals surface area (Å²) in [7, 11) is 0. The molecule has 1 aliphatic carbocycles. The predicted molar refractivity (Wildman–Crippen MR) is 53.6 cm³/mol. The molecule has 0 bridgehead atoms. The van der Waals surface area contributed by atoms with Crippen LogP contribution in [0.15, 0.2) is 0 Å². The quantitative estimate of drug-likeness (QED) is 0.697. The molecule has 1 saturated carbocycles. The standard InChI is InChI=1S/C11H21NO/c1-11(13,8-9-4-2-5-9)10-6-3-7-12-10/h9-10,12-13H,2-8H2,1H3. The summed E-state index contributed by atoms with van der Waals surface area (Å²) in [5.41, 5.74) is -0.457. The van der Waals surface area contributed by atoms with E-state index in [-0.39, 0.29) is 0 Å². The van der Waals surface area contributed by atoms with Gasteiger partial charge in [-0.2, -0.15) is 0 Å². The number of hydrogen-bond acceptors (Lipinski definition) is 2. The summed E-state index contributed by atoms with van der Waals surface area (Å²) in [5, 5.41) is 13.7. The lowest BCUT2D eigenvalue weighted by molar-refractivity contribution is -0.00839. The van der Waals surface area contributed by atoms with E-state index in [0.29, 0.717) is 6.04 Å². The Morgan fingerprint density at radius 1 is 1.31 bits per heavy atom. The van der Waals surface area contributed by atoms with Gasteiger partial charge >= 0.3 is 0 Å². The van der Waals surface area contributed by atoms with Crippen LogP contribution in [0.25, 0.3) is 0 Å². The fraction of sp³-hybridized carbons (Fsp3) is 1.00. The molecule has 0 aromatic carbocycles. The van der Waals surface area contributed by atoms with Crippen LogP contribution in [0.4, 0.5) is 0 Å². The topological polar surface area (TPSA) is 32.3 Å². The normalized spacial score (nSPS) is 34.2. The molecule has 2 unspecified atom stereocenters. The SMILES string of the molecule is CC(O)(CC1CCC1)C1CCCN1. The molecule has 2 N–H and O–H groups in total. The first kappa shape index (κ1) is 9.47.